The van der Waals surface area contributed by atoms with Crippen LogP contribution >= 0.6 is 0 Å². The minimum Gasteiger partial charge on any atom is -0.392 e. The van der Waals surface area contributed by atoms with E-state index >= 15 is 0 Å². The first-order chi connectivity index (χ1) is 12.3. The largest absolute Gasteiger partial charge is 0.392 e. The summed E-state index contributed by atoms with van der Waals surface area (Å²) in [6.07, 6.45) is 2.12. The monoisotopic (exact) mass is 368 g/mol. The molecule has 0 spiro atoms. The van der Waals surface area contributed by atoms with Gasteiger partial charge in [-0.2, -0.15) is 0 Å². The van der Waals surface area contributed by atoms with E-state index in [2.05, 4.69) is 10.9 Å². The molecule has 2 heterocycles. The van der Waals surface area contributed by atoms with Crippen LogP contribution in [-0.4, -0.2) is 69.9 Å². The van der Waals surface area contributed by atoms with Gasteiger partial charge in [0.25, 0.3) is 5.91 Å². The lowest BCUT2D eigenvalue weighted by Crippen LogP contribution is -2.56. The third-order valence-electron chi connectivity index (χ3n) is 5.48. The minimum absolute atomic E-state index is 0.0471. The molecule has 2 fully saturated rings. The zero-order valence-electron chi connectivity index (χ0n) is 16.2. The van der Waals surface area contributed by atoms with Gasteiger partial charge in [-0.15, -0.1) is 0 Å². The summed E-state index contributed by atoms with van der Waals surface area (Å²) in [5, 5.41) is 9.91. The molecule has 148 valence electrons. The maximum absolute atomic E-state index is 12.5. The molecule has 0 aromatic heterocycles. The molecule has 0 bridgehead atoms. The number of β-amino-alcohol motifs (C(OH)–C–C–N with tert-alkyl or cyclic N) is 1. The first kappa shape index (κ1) is 20.6. The number of aliphatic hydroxyl groups excluding tert-OH is 1. The van der Waals surface area contributed by atoms with Gasteiger partial charge < -0.3 is 10.0 Å². The summed E-state index contributed by atoms with van der Waals surface area (Å²) in [6.45, 7) is 8.67. The van der Waals surface area contributed by atoms with Gasteiger partial charge in [0.2, 0.25) is 0 Å². The molecule has 4 unspecified atom stereocenters. The lowest BCUT2D eigenvalue weighted by Gasteiger charge is -2.29. The second-order valence-electron chi connectivity index (χ2n) is 7.69. The molecule has 26 heavy (non-hydrogen) atoms. The molecule has 0 aromatic carbocycles. The van der Waals surface area contributed by atoms with Gasteiger partial charge in [-0.05, 0) is 32.6 Å². The van der Waals surface area contributed by atoms with Crippen molar-refractivity contribution in [2.24, 2.45) is 5.92 Å². The topological polar surface area (TPSA) is 102 Å². The van der Waals surface area contributed by atoms with Crippen molar-refractivity contribution in [3.63, 3.8) is 0 Å². The molecule has 8 nitrogen and oxygen atoms in total. The van der Waals surface area contributed by atoms with Crippen LogP contribution in [0.2, 0.25) is 0 Å². The van der Waals surface area contributed by atoms with Crippen molar-refractivity contribution in [3.05, 3.63) is 0 Å². The zero-order valence-corrected chi connectivity index (χ0v) is 16.2. The predicted molar refractivity (Wildman–Crippen MR) is 97.1 cm³/mol. The van der Waals surface area contributed by atoms with Crippen molar-refractivity contribution >= 4 is 17.7 Å². The minimum atomic E-state index is -0.540. The molecule has 2 rings (SSSR count). The number of aliphatic hydroxyl groups is 1. The number of nitrogens with zero attached hydrogens (tertiary/aromatic N) is 2. The van der Waals surface area contributed by atoms with E-state index in [0.717, 1.165) is 12.8 Å². The standard InChI is InChI=1S/C18H32N4O4/c1-5-12(4)22-10-13(23)9-15(22)17(25)19-20-18(26)21-8-6-7-14(21)16(24)11(2)3/h11-15,23H,5-10H2,1-4H3,(H,19,25)(H,20,26). The molecule has 0 radical (unpaired) electrons. The first-order valence-electron chi connectivity index (χ1n) is 9.60. The highest BCUT2D eigenvalue weighted by molar-refractivity contribution is 5.91. The van der Waals surface area contributed by atoms with Gasteiger partial charge in [-0.3, -0.25) is 19.9 Å². The number of hydrogen-bond acceptors (Lipinski definition) is 5. The Labute approximate surface area is 155 Å². The second-order valence-corrected chi connectivity index (χ2v) is 7.69. The zero-order chi connectivity index (χ0) is 19.4. The first-order valence-corrected chi connectivity index (χ1v) is 9.60. The fourth-order valence-electron chi connectivity index (χ4n) is 3.78. The fourth-order valence-corrected chi connectivity index (χ4v) is 3.78. The SMILES string of the molecule is CCC(C)N1CC(O)CC1C(=O)NNC(=O)N1CCCC1C(=O)C(C)C. The smallest absolute Gasteiger partial charge is 0.336 e. The highest BCUT2D eigenvalue weighted by Gasteiger charge is 2.39. The Balaban J connectivity index is 1.92. The lowest BCUT2D eigenvalue weighted by molar-refractivity contribution is -0.127. The number of hydrogen-bond donors (Lipinski definition) is 3. The van der Waals surface area contributed by atoms with E-state index in [0.29, 0.717) is 25.9 Å². The molecular weight excluding hydrogens is 336 g/mol. The van der Waals surface area contributed by atoms with Gasteiger partial charge in [-0.25, -0.2) is 10.2 Å². The third kappa shape index (κ3) is 4.54. The van der Waals surface area contributed by atoms with Crippen molar-refractivity contribution in [3.8, 4) is 0 Å². The summed E-state index contributed by atoms with van der Waals surface area (Å²) in [5.74, 6) is -0.418. The summed E-state index contributed by atoms with van der Waals surface area (Å²) in [4.78, 5) is 40.6. The molecule has 4 atom stereocenters. The molecule has 2 saturated heterocycles. The summed E-state index contributed by atoms with van der Waals surface area (Å²) in [5.41, 5.74) is 4.92. The fraction of sp³-hybridized carbons (Fsp3) is 0.833. The van der Waals surface area contributed by atoms with Crippen LogP contribution in [0.15, 0.2) is 0 Å². The van der Waals surface area contributed by atoms with E-state index in [-0.39, 0.29) is 23.7 Å². The number of likely N-dealkylation sites (tertiary alicyclic amines) is 2. The number of Topliss-reactive ketones (excluding diaryl/α,β-unsaturated/α-hetero) is 1. The number of urea groups is 1. The van der Waals surface area contributed by atoms with E-state index in [9.17, 15) is 19.5 Å². The number of carbonyl (C=O) groups excluding carboxylic acids is 3. The number of rotatable bonds is 5. The quantitative estimate of drug-likeness (QED) is 0.619. The summed E-state index contributed by atoms with van der Waals surface area (Å²) in [7, 11) is 0. The molecule has 0 aliphatic carbocycles. The molecule has 2 aliphatic heterocycles. The Kier molecular flexibility index (Phi) is 7.00. The number of carbonyl (C=O) groups is 3. The van der Waals surface area contributed by atoms with Crippen molar-refractivity contribution in [2.75, 3.05) is 13.1 Å². The highest BCUT2D eigenvalue weighted by Crippen LogP contribution is 2.23. The average Bonchev–Trinajstić information content (AvgIpc) is 3.24. The molecule has 3 N–H and O–H groups in total. The summed E-state index contributed by atoms with van der Waals surface area (Å²) >= 11 is 0. The van der Waals surface area contributed by atoms with E-state index < -0.39 is 24.2 Å². The van der Waals surface area contributed by atoms with E-state index in [1.165, 1.54) is 4.90 Å². The molecule has 0 saturated carbocycles. The Bertz CT molecular complexity index is 539. The van der Waals surface area contributed by atoms with Crippen molar-refractivity contribution in [1.29, 1.82) is 0 Å². The Morgan fingerprint density at radius 3 is 2.46 bits per heavy atom. The van der Waals surface area contributed by atoms with Crippen molar-refractivity contribution < 1.29 is 19.5 Å². The van der Waals surface area contributed by atoms with Crippen LogP contribution in [0.25, 0.3) is 0 Å². The number of ketones is 1. The van der Waals surface area contributed by atoms with Crippen LogP contribution in [-0.2, 0) is 9.59 Å². The van der Waals surface area contributed by atoms with Gasteiger partial charge in [-0.1, -0.05) is 20.8 Å². The molecular formula is C18H32N4O4. The van der Waals surface area contributed by atoms with Crippen LogP contribution in [0, 0.1) is 5.92 Å². The van der Waals surface area contributed by atoms with Gasteiger partial charge in [0.15, 0.2) is 5.78 Å². The second kappa shape index (κ2) is 8.81. The molecule has 2 aliphatic rings. The predicted octanol–water partition coefficient (Wildman–Crippen LogP) is 0.650. The van der Waals surface area contributed by atoms with E-state index in [4.69, 9.17) is 0 Å². The Morgan fingerprint density at radius 2 is 1.85 bits per heavy atom. The normalized spacial score (nSPS) is 27.6. The van der Waals surface area contributed by atoms with Crippen molar-refractivity contribution in [1.82, 2.24) is 20.7 Å². The lowest BCUT2D eigenvalue weighted by atomic mass is 10.0. The summed E-state index contributed by atoms with van der Waals surface area (Å²) < 4.78 is 0. The summed E-state index contributed by atoms with van der Waals surface area (Å²) in [6, 6.07) is -1.17. The number of nitrogens with one attached hydrogen (secondary N) is 2. The van der Waals surface area contributed by atoms with Gasteiger partial charge >= 0.3 is 6.03 Å². The molecule has 0 aromatic rings. The average molecular weight is 368 g/mol. The van der Waals surface area contributed by atoms with Crippen LogP contribution in [0.4, 0.5) is 4.79 Å². The van der Waals surface area contributed by atoms with Gasteiger partial charge in [0.1, 0.15) is 0 Å². The van der Waals surface area contributed by atoms with E-state index in [1.54, 1.807) is 0 Å². The molecule has 8 heteroatoms. The maximum atomic E-state index is 12.5. The number of hydrazine groups is 1. The van der Waals surface area contributed by atoms with Crippen LogP contribution in [0.5, 0.6) is 0 Å². The number of amides is 3. The molecule has 3 amide bonds. The Morgan fingerprint density at radius 1 is 1.15 bits per heavy atom. The van der Waals surface area contributed by atoms with Crippen LogP contribution in [0.1, 0.15) is 53.4 Å². The maximum Gasteiger partial charge on any atom is 0.336 e. The third-order valence-corrected chi connectivity index (χ3v) is 5.48. The van der Waals surface area contributed by atoms with E-state index in [1.807, 2.05) is 32.6 Å². The Hall–Kier alpha value is -1.67. The van der Waals surface area contributed by atoms with Gasteiger partial charge in [0, 0.05) is 25.0 Å². The highest BCUT2D eigenvalue weighted by atomic mass is 16.3. The van der Waals surface area contributed by atoms with Crippen LogP contribution < -0.4 is 10.9 Å². The van der Waals surface area contributed by atoms with Gasteiger partial charge in [0.05, 0.1) is 18.2 Å². The van der Waals surface area contributed by atoms with Crippen LogP contribution in [0.3, 0.4) is 0 Å². The van der Waals surface area contributed by atoms with Crippen molar-refractivity contribution in [2.45, 2.75) is 77.6 Å².